The van der Waals surface area contributed by atoms with Crippen LogP contribution < -0.4 is 0 Å². The molecule has 0 N–H and O–H groups in total. The predicted molar refractivity (Wildman–Crippen MR) is 68.8 cm³/mol. The van der Waals surface area contributed by atoms with Gasteiger partial charge in [-0.15, -0.1) is 0 Å². The van der Waals surface area contributed by atoms with Crippen LogP contribution in [0.4, 0.5) is 0 Å². The molecule has 15 heavy (non-hydrogen) atoms. The minimum Gasteiger partial charge on any atom is -0.245 e. The highest BCUT2D eigenvalue weighted by molar-refractivity contribution is 6.01. The van der Waals surface area contributed by atoms with Crippen molar-refractivity contribution in [3.63, 3.8) is 0 Å². The third-order valence-corrected chi connectivity index (χ3v) is 1.67. The maximum Gasteiger partial charge on any atom is 0.158 e. The van der Waals surface area contributed by atoms with Gasteiger partial charge < -0.3 is 0 Å². The molecule has 0 heterocycles. The Bertz CT molecular complexity index is 334. The Labute approximate surface area is 92.1 Å². The van der Waals surface area contributed by atoms with Crippen LogP contribution in [0.2, 0.25) is 0 Å². The molecule has 2 nitrogen and oxygen atoms in total. The van der Waals surface area contributed by atoms with Crippen molar-refractivity contribution in [3.05, 3.63) is 48.2 Å². The molecule has 80 valence electrons. The second-order valence-electron chi connectivity index (χ2n) is 2.66. The summed E-state index contributed by atoms with van der Waals surface area (Å²) >= 11 is 0. The van der Waals surface area contributed by atoms with E-state index in [4.69, 9.17) is 0 Å². The van der Waals surface area contributed by atoms with Crippen molar-refractivity contribution in [2.75, 3.05) is 0 Å². The summed E-state index contributed by atoms with van der Waals surface area (Å²) in [5.41, 5.74) is 2.17. The predicted octanol–water partition coefficient (Wildman–Crippen LogP) is 3.61. The van der Waals surface area contributed by atoms with Crippen LogP contribution in [-0.2, 0) is 0 Å². The highest BCUT2D eigenvalue weighted by atomic mass is 14.9. The molecule has 0 amide bonds. The van der Waals surface area contributed by atoms with Gasteiger partial charge in [0, 0.05) is 11.8 Å². The summed E-state index contributed by atoms with van der Waals surface area (Å²) in [4.78, 5) is 7.80. The molecule has 2 heteroatoms. The lowest BCUT2D eigenvalue weighted by molar-refractivity contribution is 1.43. The van der Waals surface area contributed by atoms with E-state index in [0.717, 1.165) is 5.56 Å². The van der Waals surface area contributed by atoms with Gasteiger partial charge in [-0.25, -0.2) is 9.98 Å². The normalized spacial score (nSPS) is 9.93. The highest BCUT2D eigenvalue weighted by Crippen LogP contribution is 2.05. The van der Waals surface area contributed by atoms with Gasteiger partial charge in [-0.05, 0) is 13.6 Å². The zero-order chi connectivity index (χ0) is 11.7. The molecule has 0 saturated carbocycles. The minimum absolute atomic E-state index is 0.606. The van der Waals surface area contributed by atoms with Gasteiger partial charge in [0.15, 0.2) is 5.84 Å². The number of hydrogen-bond donors (Lipinski definition) is 0. The smallest absolute Gasteiger partial charge is 0.158 e. The van der Waals surface area contributed by atoms with E-state index in [1.165, 1.54) is 11.8 Å². The number of aryl methyl sites for hydroxylation is 1. The molecule has 0 bridgehead atoms. The van der Waals surface area contributed by atoms with Crippen molar-refractivity contribution in [1.29, 1.82) is 0 Å². The maximum absolute atomic E-state index is 3.99. The number of hydrogen-bond acceptors (Lipinski definition) is 1. The largest absolute Gasteiger partial charge is 0.245 e. The second-order valence-corrected chi connectivity index (χ2v) is 2.66. The molecule has 0 spiro atoms. The van der Waals surface area contributed by atoms with Crippen LogP contribution in [-0.4, -0.2) is 12.6 Å². The lowest BCUT2D eigenvalue weighted by Gasteiger charge is -1.99. The van der Waals surface area contributed by atoms with Crippen molar-refractivity contribution >= 4 is 12.6 Å². The first-order valence-corrected chi connectivity index (χ1v) is 5.00. The van der Waals surface area contributed by atoms with Crippen LogP contribution in [0, 0.1) is 6.92 Å². The minimum atomic E-state index is 0.606. The summed E-state index contributed by atoms with van der Waals surface area (Å²) in [6.07, 6.45) is 1.46. The van der Waals surface area contributed by atoms with Crippen LogP contribution in [0.1, 0.15) is 25.0 Å². The van der Waals surface area contributed by atoms with Gasteiger partial charge >= 0.3 is 0 Å². The van der Waals surface area contributed by atoms with E-state index < -0.39 is 0 Å². The monoisotopic (exact) mass is 202 g/mol. The number of nitrogens with zero attached hydrogens (tertiary/aromatic N) is 2. The summed E-state index contributed by atoms with van der Waals surface area (Å²) in [5, 5.41) is 0. The van der Waals surface area contributed by atoms with Crippen LogP contribution >= 0.6 is 0 Å². The first-order valence-electron chi connectivity index (χ1n) is 5.00. The fourth-order valence-corrected chi connectivity index (χ4v) is 0.996. The molecule has 0 aliphatic rings. The molecule has 0 radical (unpaired) electrons. The van der Waals surface area contributed by atoms with Gasteiger partial charge in [0.1, 0.15) is 0 Å². The van der Waals surface area contributed by atoms with Crippen LogP contribution in [0.15, 0.2) is 47.0 Å². The number of aliphatic imine (C=N–C) groups is 2. The molecule has 0 fully saturated rings. The molecular formula is C13H18N2. The quantitative estimate of drug-likeness (QED) is 0.517. The molecule has 0 unspecified atom stereocenters. The highest BCUT2D eigenvalue weighted by Gasteiger charge is 1.97. The van der Waals surface area contributed by atoms with E-state index in [0.29, 0.717) is 5.84 Å². The SMILES string of the molecule is C=CN=C(N=C)c1ccc(C)cc1.CC. The Morgan fingerprint density at radius 2 is 1.73 bits per heavy atom. The van der Waals surface area contributed by atoms with Gasteiger partial charge in [0.2, 0.25) is 0 Å². The Morgan fingerprint density at radius 3 is 2.13 bits per heavy atom. The summed E-state index contributed by atoms with van der Waals surface area (Å²) < 4.78 is 0. The van der Waals surface area contributed by atoms with Gasteiger partial charge in [-0.1, -0.05) is 50.3 Å². The zero-order valence-corrected chi connectivity index (χ0v) is 9.70. The number of rotatable bonds is 2. The van der Waals surface area contributed by atoms with Crippen molar-refractivity contribution in [1.82, 2.24) is 0 Å². The van der Waals surface area contributed by atoms with Crippen molar-refractivity contribution in [3.8, 4) is 0 Å². The summed E-state index contributed by atoms with van der Waals surface area (Å²) in [6, 6.07) is 7.96. The van der Waals surface area contributed by atoms with Gasteiger partial charge in [0.05, 0.1) is 0 Å². The Hall–Kier alpha value is -1.70. The van der Waals surface area contributed by atoms with Crippen LogP contribution in [0.5, 0.6) is 0 Å². The lowest BCUT2D eigenvalue weighted by Crippen LogP contribution is -1.95. The Balaban J connectivity index is 0.000000921. The molecule has 1 aromatic rings. The molecular weight excluding hydrogens is 184 g/mol. The van der Waals surface area contributed by atoms with E-state index in [1.54, 1.807) is 0 Å². The van der Waals surface area contributed by atoms with Gasteiger partial charge in [0.25, 0.3) is 0 Å². The summed E-state index contributed by atoms with van der Waals surface area (Å²) in [5.74, 6) is 0.606. The number of benzene rings is 1. The number of amidine groups is 1. The van der Waals surface area contributed by atoms with Crippen molar-refractivity contribution in [2.45, 2.75) is 20.8 Å². The molecule has 0 aromatic heterocycles. The van der Waals surface area contributed by atoms with Crippen molar-refractivity contribution in [2.24, 2.45) is 9.98 Å². The third kappa shape index (κ3) is 4.36. The summed E-state index contributed by atoms with van der Waals surface area (Å²) in [7, 11) is 0. The first kappa shape index (κ1) is 13.3. The topological polar surface area (TPSA) is 24.7 Å². The van der Waals surface area contributed by atoms with Crippen LogP contribution in [0.25, 0.3) is 0 Å². The lowest BCUT2D eigenvalue weighted by atomic mass is 10.1. The average Bonchev–Trinajstić information content (AvgIpc) is 2.30. The molecule has 0 saturated heterocycles. The second kappa shape index (κ2) is 7.68. The third-order valence-electron chi connectivity index (χ3n) is 1.67. The van der Waals surface area contributed by atoms with E-state index in [-0.39, 0.29) is 0 Å². The van der Waals surface area contributed by atoms with Gasteiger partial charge in [-0.2, -0.15) is 0 Å². The Morgan fingerprint density at radius 1 is 1.20 bits per heavy atom. The first-order chi connectivity index (χ1) is 7.27. The fourth-order valence-electron chi connectivity index (χ4n) is 0.996. The van der Waals surface area contributed by atoms with E-state index in [1.807, 2.05) is 45.0 Å². The van der Waals surface area contributed by atoms with Crippen LogP contribution in [0.3, 0.4) is 0 Å². The van der Waals surface area contributed by atoms with E-state index in [2.05, 4.69) is 23.3 Å². The van der Waals surface area contributed by atoms with Crippen molar-refractivity contribution < 1.29 is 0 Å². The van der Waals surface area contributed by atoms with Gasteiger partial charge in [-0.3, -0.25) is 0 Å². The summed E-state index contributed by atoms with van der Waals surface area (Å²) in [6.45, 7) is 13.0. The Kier molecular flexibility index (Phi) is 6.81. The van der Waals surface area contributed by atoms with E-state index >= 15 is 0 Å². The molecule has 0 atom stereocenters. The average molecular weight is 202 g/mol. The molecule has 1 rings (SSSR count). The standard InChI is InChI=1S/C11H12N2.C2H6/c1-4-13-11(12-3)10-7-5-9(2)6-8-10;1-2/h4-8H,1,3H2,2H3;1-2H3. The van der Waals surface area contributed by atoms with E-state index in [9.17, 15) is 0 Å². The zero-order valence-electron chi connectivity index (χ0n) is 9.70. The molecule has 1 aromatic carbocycles. The fraction of sp³-hybridized carbons (Fsp3) is 0.231. The maximum atomic E-state index is 3.99. The molecule has 0 aliphatic carbocycles. The molecule has 0 aliphatic heterocycles.